The highest BCUT2D eigenvalue weighted by Gasteiger charge is 2.13. The number of rotatable bonds is 6. The number of carbonyl (C=O) groups is 2. The minimum Gasteiger partial charge on any atom is -0.326 e. The van der Waals surface area contributed by atoms with Crippen LogP contribution in [0.2, 0.25) is 5.02 Å². The summed E-state index contributed by atoms with van der Waals surface area (Å²) in [4.78, 5) is 36.2. The van der Waals surface area contributed by atoms with Gasteiger partial charge in [-0.1, -0.05) is 23.7 Å². The van der Waals surface area contributed by atoms with Crippen LogP contribution in [0, 0.1) is 0 Å². The Morgan fingerprint density at radius 3 is 2.36 bits per heavy atom. The minimum atomic E-state index is -0.276. The molecule has 0 atom stereocenters. The second-order valence-electron chi connectivity index (χ2n) is 6.34. The number of nitrogens with zero attached hydrogens (tertiary/aromatic N) is 2. The number of aryl methyl sites for hydroxylation is 2. The van der Waals surface area contributed by atoms with Crippen molar-refractivity contribution in [1.29, 1.82) is 0 Å². The number of anilines is 2. The van der Waals surface area contributed by atoms with Crippen LogP contribution in [0.15, 0.2) is 47.3 Å². The highest BCUT2D eigenvalue weighted by Crippen LogP contribution is 2.25. The Balaban J connectivity index is 1.75. The molecule has 0 aliphatic heterocycles. The van der Waals surface area contributed by atoms with E-state index in [1.54, 1.807) is 27.3 Å². The SMILES string of the molecule is CCn1c(=O)n(CCC(=O)Nc2cc(NC(C)=O)ccc2Cl)c2ccccc21. The van der Waals surface area contributed by atoms with Crippen molar-refractivity contribution in [1.82, 2.24) is 9.13 Å². The fourth-order valence-corrected chi connectivity index (χ4v) is 3.29. The molecule has 2 N–H and O–H groups in total. The summed E-state index contributed by atoms with van der Waals surface area (Å²) in [6.45, 7) is 4.12. The third-order valence-electron chi connectivity index (χ3n) is 4.36. The number of hydrogen-bond donors (Lipinski definition) is 2. The number of imidazole rings is 1. The van der Waals surface area contributed by atoms with Crippen molar-refractivity contribution in [2.24, 2.45) is 0 Å². The Bertz CT molecular complexity index is 1100. The Labute approximate surface area is 166 Å². The van der Waals surface area contributed by atoms with Crippen molar-refractivity contribution in [2.45, 2.75) is 33.4 Å². The molecule has 0 unspecified atom stereocenters. The van der Waals surface area contributed by atoms with E-state index in [4.69, 9.17) is 11.6 Å². The smallest absolute Gasteiger partial charge is 0.326 e. The molecule has 0 saturated carbocycles. The van der Waals surface area contributed by atoms with E-state index in [1.165, 1.54) is 6.92 Å². The van der Waals surface area contributed by atoms with E-state index in [9.17, 15) is 14.4 Å². The highest BCUT2D eigenvalue weighted by atomic mass is 35.5. The number of halogens is 1. The van der Waals surface area contributed by atoms with Gasteiger partial charge in [0.1, 0.15) is 0 Å². The number of amides is 2. The zero-order valence-corrected chi connectivity index (χ0v) is 16.4. The largest absolute Gasteiger partial charge is 0.329 e. The summed E-state index contributed by atoms with van der Waals surface area (Å²) < 4.78 is 3.29. The van der Waals surface area contributed by atoms with Crippen molar-refractivity contribution < 1.29 is 9.59 Å². The molecule has 1 aromatic heterocycles. The first-order valence-electron chi connectivity index (χ1n) is 8.95. The number of benzene rings is 2. The summed E-state index contributed by atoms with van der Waals surface area (Å²) in [5, 5.41) is 5.74. The van der Waals surface area contributed by atoms with Crippen LogP contribution in [0.3, 0.4) is 0 Å². The summed E-state index contributed by atoms with van der Waals surface area (Å²) in [7, 11) is 0. The first-order chi connectivity index (χ1) is 13.4. The normalized spacial score (nSPS) is 10.8. The number of carbonyl (C=O) groups excluding carboxylic acids is 2. The summed E-state index contributed by atoms with van der Waals surface area (Å²) >= 11 is 6.13. The Hall–Kier alpha value is -3.06. The first kappa shape index (κ1) is 19.7. The van der Waals surface area contributed by atoms with Gasteiger partial charge in [0.2, 0.25) is 11.8 Å². The maximum atomic E-state index is 12.6. The molecule has 146 valence electrons. The molecule has 7 nitrogen and oxygen atoms in total. The van der Waals surface area contributed by atoms with Crippen LogP contribution in [0.1, 0.15) is 20.3 Å². The lowest BCUT2D eigenvalue weighted by molar-refractivity contribution is -0.116. The highest BCUT2D eigenvalue weighted by molar-refractivity contribution is 6.33. The van der Waals surface area contributed by atoms with Gasteiger partial charge >= 0.3 is 5.69 Å². The Morgan fingerprint density at radius 2 is 1.71 bits per heavy atom. The lowest BCUT2D eigenvalue weighted by Crippen LogP contribution is -2.25. The molecule has 1 heterocycles. The maximum Gasteiger partial charge on any atom is 0.329 e. The molecule has 0 spiro atoms. The predicted octanol–water partition coefficient (Wildman–Crippen LogP) is 3.46. The standard InChI is InChI=1S/C20H21ClN4O3/c1-3-24-17-6-4-5-7-18(17)25(20(24)28)11-10-19(27)23-16-12-14(22-13(2)26)8-9-15(16)21/h4-9,12H,3,10-11H2,1-2H3,(H,22,26)(H,23,27). The van der Waals surface area contributed by atoms with Crippen LogP contribution in [-0.2, 0) is 22.7 Å². The third kappa shape index (κ3) is 4.09. The number of aromatic nitrogens is 2. The van der Waals surface area contributed by atoms with Gasteiger partial charge in [-0.05, 0) is 37.3 Å². The van der Waals surface area contributed by atoms with Gasteiger partial charge in [0.05, 0.1) is 21.7 Å². The quantitative estimate of drug-likeness (QED) is 0.664. The molecule has 0 aliphatic carbocycles. The number of nitrogens with one attached hydrogen (secondary N) is 2. The summed E-state index contributed by atoms with van der Waals surface area (Å²) in [5.74, 6) is -0.492. The predicted molar refractivity (Wildman–Crippen MR) is 111 cm³/mol. The van der Waals surface area contributed by atoms with Crippen molar-refractivity contribution in [3.63, 3.8) is 0 Å². The summed E-state index contributed by atoms with van der Waals surface area (Å²) in [6.07, 6.45) is 0.109. The molecule has 28 heavy (non-hydrogen) atoms. The molecule has 0 aliphatic rings. The van der Waals surface area contributed by atoms with Gasteiger partial charge in [-0.2, -0.15) is 0 Å². The van der Waals surface area contributed by atoms with Crippen molar-refractivity contribution in [3.05, 3.63) is 58.0 Å². The fourth-order valence-electron chi connectivity index (χ4n) is 3.12. The number of fused-ring (bicyclic) bond motifs is 1. The molecular formula is C20H21ClN4O3. The van der Waals surface area contributed by atoms with Crippen molar-refractivity contribution in [2.75, 3.05) is 10.6 Å². The van der Waals surface area contributed by atoms with Gasteiger partial charge in [0.15, 0.2) is 0 Å². The molecule has 2 aromatic carbocycles. The lowest BCUT2D eigenvalue weighted by Gasteiger charge is -2.10. The van der Waals surface area contributed by atoms with E-state index in [0.717, 1.165) is 11.0 Å². The Kier molecular flexibility index (Phi) is 5.84. The van der Waals surface area contributed by atoms with Gasteiger partial charge in [-0.25, -0.2) is 4.79 Å². The van der Waals surface area contributed by atoms with Crippen molar-refractivity contribution in [3.8, 4) is 0 Å². The van der Waals surface area contributed by atoms with Crippen LogP contribution < -0.4 is 16.3 Å². The third-order valence-corrected chi connectivity index (χ3v) is 4.69. The topological polar surface area (TPSA) is 85.1 Å². The molecule has 0 fully saturated rings. The van der Waals surface area contributed by atoms with Crippen LogP contribution in [-0.4, -0.2) is 20.9 Å². The Morgan fingerprint density at radius 1 is 1.04 bits per heavy atom. The second kappa shape index (κ2) is 8.31. The van der Waals surface area contributed by atoms with E-state index >= 15 is 0 Å². The molecule has 3 aromatic rings. The van der Waals surface area contributed by atoms with E-state index < -0.39 is 0 Å². The summed E-state index contributed by atoms with van der Waals surface area (Å²) in [5.41, 5.74) is 2.45. The molecule has 0 saturated heterocycles. The van der Waals surface area contributed by atoms with Crippen molar-refractivity contribution >= 4 is 45.8 Å². The minimum absolute atomic E-state index is 0.109. The van der Waals surface area contributed by atoms with Gasteiger partial charge < -0.3 is 10.6 Å². The average Bonchev–Trinajstić information content (AvgIpc) is 2.93. The summed E-state index contributed by atoms with van der Waals surface area (Å²) in [6, 6.07) is 12.4. The van der Waals surface area contributed by atoms with E-state index in [1.807, 2.05) is 31.2 Å². The molecular weight excluding hydrogens is 380 g/mol. The van der Waals surface area contributed by atoms with Gasteiger partial charge in [-0.15, -0.1) is 0 Å². The molecule has 2 amide bonds. The van der Waals surface area contributed by atoms with Crippen LogP contribution in [0.5, 0.6) is 0 Å². The molecule has 0 radical (unpaired) electrons. The zero-order valence-electron chi connectivity index (χ0n) is 15.7. The van der Waals surface area contributed by atoms with E-state index in [0.29, 0.717) is 22.9 Å². The van der Waals surface area contributed by atoms with Gasteiger partial charge in [-0.3, -0.25) is 18.7 Å². The van der Waals surface area contributed by atoms with E-state index in [-0.39, 0.29) is 30.5 Å². The fraction of sp³-hybridized carbons (Fsp3) is 0.250. The molecule has 0 bridgehead atoms. The van der Waals surface area contributed by atoms with E-state index in [2.05, 4.69) is 10.6 Å². The van der Waals surface area contributed by atoms with Crippen LogP contribution >= 0.6 is 11.6 Å². The van der Waals surface area contributed by atoms with Crippen LogP contribution in [0.4, 0.5) is 11.4 Å². The van der Waals surface area contributed by atoms with Gasteiger partial charge in [0, 0.05) is 32.1 Å². The molecule has 3 rings (SSSR count). The lowest BCUT2D eigenvalue weighted by atomic mass is 10.2. The second-order valence-corrected chi connectivity index (χ2v) is 6.75. The number of hydrogen-bond acceptors (Lipinski definition) is 3. The average molecular weight is 401 g/mol. The monoisotopic (exact) mass is 400 g/mol. The van der Waals surface area contributed by atoms with Gasteiger partial charge in [0.25, 0.3) is 0 Å². The first-order valence-corrected chi connectivity index (χ1v) is 9.33. The maximum absolute atomic E-state index is 12.6. The zero-order chi connectivity index (χ0) is 20.3. The van der Waals surface area contributed by atoms with Crippen LogP contribution in [0.25, 0.3) is 11.0 Å². The number of para-hydroxylation sites is 2. The molecule has 8 heteroatoms.